The number of carbonyl (C=O) groups excluding carboxylic acids is 1. The van der Waals surface area contributed by atoms with Crippen LogP contribution in [-0.4, -0.2) is 19.4 Å². The van der Waals surface area contributed by atoms with Crippen molar-refractivity contribution in [1.82, 2.24) is 5.32 Å². The van der Waals surface area contributed by atoms with E-state index < -0.39 is 0 Å². The summed E-state index contributed by atoms with van der Waals surface area (Å²) in [6.07, 6.45) is 0.950. The highest BCUT2D eigenvalue weighted by Gasteiger charge is 1.96. The minimum absolute atomic E-state index is 0.111. The van der Waals surface area contributed by atoms with Crippen LogP contribution >= 0.6 is 0 Å². The number of carbonyl (C=O) groups is 1. The van der Waals surface area contributed by atoms with Crippen molar-refractivity contribution in [2.24, 2.45) is 5.92 Å². The molecule has 0 aliphatic heterocycles. The zero-order valence-corrected chi connectivity index (χ0v) is 6.68. The van der Waals surface area contributed by atoms with Crippen LogP contribution in [-0.2, 0) is 4.79 Å². The summed E-state index contributed by atoms with van der Waals surface area (Å²) < 4.78 is 0. The molecule has 1 atom stereocenters. The Kier molecular flexibility index (Phi) is 4.85. The predicted octanol–water partition coefficient (Wildman–Crippen LogP) is 0.987. The number of rotatable bonds is 5. The molecular formula is C8H15NO. The number of nitrogens with one attached hydrogen (secondary N) is 1. The lowest BCUT2D eigenvalue weighted by atomic mass is 10.2. The molecule has 0 fully saturated rings. The van der Waals surface area contributed by atoms with Crippen LogP contribution < -0.4 is 5.32 Å². The fourth-order valence-corrected chi connectivity index (χ4v) is 0.561. The van der Waals surface area contributed by atoms with Crippen molar-refractivity contribution < 1.29 is 4.79 Å². The van der Waals surface area contributed by atoms with Gasteiger partial charge in [0.05, 0.1) is 0 Å². The van der Waals surface area contributed by atoms with Crippen LogP contribution in [0.1, 0.15) is 13.8 Å². The third kappa shape index (κ3) is 5.51. The second kappa shape index (κ2) is 5.18. The van der Waals surface area contributed by atoms with E-state index in [9.17, 15) is 4.79 Å². The van der Waals surface area contributed by atoms with Gasteiger partial charge in [-0.2, -0.15) is 0 Å². The van der Waals surface area contributed by atoms with E-state index in [2.05, 4.69) is 11.9 Å². The molecule has 0 radical (unpaired) electrons. The van der Waals surface area contributed by atoms with Gasteiger partial charge < -0.3 is 10.1 Å². The van der Waals surface area contributed by atoms with Gasteiger partial charge in [0.2, 0.25) is 0 Å². The molecule has 0 saturated carbocycles. The third-order valence-corrected chi connectivity index (χ3v) is 1.13. The first-order valence-corrected chi connectivity index (χ1v) is 3.47. The molecule has 0 heterocycles. The summed E-state index contributed by atoms with van der Waals surface area (Å²) in [4.78, 5) is 10.1. The van der Waals surface area contributed by atoms with E-state index in [1.54, 1.807) is 0 Å². The molecule has 0 aliphatic rings. The fourth-order valence-electron chi connectivity index (χ4n) is 0.561. The van der Waals surface area contributed by atoms with Crippen molar-refractivity contribution in [3.63, 3.8) is 0 Å². The summed E-state index contributed by atoms with van der Waals surface area (Å²) in [5, 5.41) is 3.10. The van der Waals surface area contributed by atoms with Crippen molar-refractivity contribution in [1.29, 1.82) is 0 Å². The molecule has 0 spiro atoms. The van der Waals surface area contributed by atoms with Crippen LogP contribution in [0.25, 0.3) is 0 Å². The molecule has 10 heavy (non-hydrogen) atoms. The molecule has 0 aromatic heterocycles. The van der Waals surface area contributed by atoms with Crippen molar-refractivity contribution >= 4 is 6.29 Å². The number of hydrogen-bond acceptors (Lipinski definition) is 2. The third-order valence-electron chi connectivity index (χ3n) is 1.13. The Labute approximate surface area is 62.3 Å². The van der Waals surface area contributed by atoms with E-state index in [-0.39, 0.29) is 5.92 Å². The average molecular weight is 141 g/mol. The number of aldehydes is 1. The van der Waals surface area contributed by atoms with Gasteiger partial charge in [-0.25, -0.2) is 0 Å². The van der Waals surface area contributed by atoms with E-state index in [1.165, 1.54) is 0 Å². The predicted molar refractivity (Wildman–Crippen MR) is 42.9 cm³/mol. The first-order valence-electron chi connectivity index (χ1n) is 3.47. The minimum Gasteiger partial charge on any atom is -0.312 e. The summed E-state index contributed by atoms with van der Waals surface area (Å²) in [7, 11) is 0. The molecule has 0 bridgehead atoms. The van der Waals surface area contributed by atoms with Gasteiger partial charge in [0.1, 0.15) is 6.29 Å². The maximum absolute atomic E-state index is 10.1. The van der Waals surface area contributed by atoms with Gasteiger partial charge in [0, 0.05) is 19.0 Å². The summed E-state index contributed by atoms with van der Waals surface area (Å²) in [5.41, 5.74) is 1.10. The first kappa shape index (κ1) is 9.37. The van der Waals surface area contributed by atoms with Crippen molar-refractivity contribution in [2.45, 2.75) is 13.8 Å². The van der Waals surface area contributed by atoms with Crippen LogP contribution in [0, 0.1) is 5.92 Å². The monoisotopic (exact) mass is 141 g/mol. The molecular weight excluding hydrogens is 126 g/mol. The van der Waals surface area contributed by atoms with Crippen LogP contribution in [0.15, 0.2) is 12.2 Å². The largest absolute Gasteiger partial charge is 0.312 e. The zero-order chi connectivity index (χ0) is 7.98. The Morgan fingerprint density at radius 2 is 2.40 bits per heavy atom. The molecule has 1 N–H and O–H groups in total. The smallest absolute Gasteiger partial charge is 0.124 e. The van der Waals surface area contributed by atoms with Crippen LogP contribution in [0.3, 0.4) is 0 Å². The van der Waals surface area contributed by atoms with Crippen molar-refractivity contribution in [3.05, 3.63) is 12.2 Å². The lowest BCUT2D eigenvalue weighted by Crippen LogP contribution is -2.23. The van der Waals surface area contributed by atoms with Gasteiger partial charge in [0.15, 0.2) is 0 Å². The average Bonchev–Trinajstić information content (AvgIpc) is 1.87. The molecule has 2 nitrogen and oxygen atoms in total. The Morgan fingerprint density at radius 3 is 2.80 bits per heavy atom. The summed E-state index contributed by atoms with van der Waals surface area (Å²) in [6.45, 7) is 9.12. The van der Waals surface area contributed by atoms with Crippen LogP contribution in [0.2, 0.25) is 0 Å². The van der Waals surface area contributed by atoms with Crippen LogP contribution in [0.4, 0.5) is 0 Å². The Morgan fingerprint density at radius 1 is 1.80 bits per heavy atom. The lowest BCUT2D eigenvalue weighted by Gasteiger charge is -2.04. The van der Waals surface area contributed by atoms with E-state index in [1.807, 2.05) is 13.8 Å². The second-order valence-corrected chi connectivity index (χ2v) is 2.70. The molecule has 0 aromatic carbocycles. The molecule has 0 rings (SSSR count). The highest BCUT2D eigenvalue weighted by molar-refractivity contribution is 5.52. The minimum atomic E-state index is 0.111. The Balaban J connectivity index is 3.19. The Bertz CT molecular complexity index is 120. The standard InChI is InChI=1S/C8H15NO/c1-7(2)4-9-5-8(3)6-10/h6,8-9H,1,4-5H2,2-3H3/t8-/m1/s1. The summed E-state index contributed by atoms with van der Waals surface area (Å²) >= 11 is 0. The molecule has 0 unspecified atom stereocenters. The van der Waals surface area contributed by atoms with E-state index >= 15 is 0 Å². The van der Waals surface area contributed by atoms with E-state index in [0.29, 0.717) is 0 Å². The number of hydrogen-bond donors (Lipinski definition) is 1. The van der Waals surface area contributed by atoms with E-state index in [0.717, 1.165) is 24.9 Å². The van der Waals surface area contributed by atoms with Gasteiger partial charge in [-0.15, -0.1) is 0 Å². The van der Waals surface area contributed by atoms with Gasteiger partial charge in [-0.3, -0.25) is 0 Å². The summed E-state index contributed by atoms with van der Waals surface area (Å²) in [5.74, 6) is 0.111. The van der Waals surface area contributed by atoms with Gasteiger partial charge in [0.25, 0.3) is 0 Å². The fraction of sp³-hybridized carbons (Fsp3) is 0.625. The highest BCUT2D eigenvalue weighted by Crippen LogP contribution is 1.86. The topological polar surface area (TPSA) is 29.1 Å². The van der Waals surface area contributed by atoms with Gasteiger partial charge >= 0.3 is 0 Å². The first-order chi connectivity index (χ1) is 4.66. The lowest BCUT2D eigenvalue weighted by molar-refractivity contribution is -0.110. The van der Waals surface area contributed by atoms with Gasteiger partial charge in [-0.1, -0.05) is 19.1 Å². The van der Waals surface area contributed by atoms with E-state index in [4.69, 9.17) is 0 Å². The van der Waals surface area contributed by atoms with Gasteiger partial charge in [-0.05, 0) is 6.92 Å². The summed E-state index contributed by atoms with van der Waals surface area (Å²) in [6, 6.07) is 0. The molecule has 58 valence electrons. The normalized spacial score (nSPS) is 12.6. The molecule has 0 amide bonds. The maximum Gasteiger partial charge on any atom is 0.124 e. The van der Waals surface area contributed by atoms with Crippen LogP contribution in [0.5, 0.6) is 0 Å². The quantitative estimate of drug-likeness (QED) is 0.457. The second-order valence-electron chi connectivity index (χ2n) is 2.70. The maximum atomic E-state index is 10.1. The SMILES string of the molecule is C=C(C)CNC[C@@H](C)C=O. The zero-order valence-electron chi connectivity index (χ0n) is 6.68. The molecule has 2 heteroatoms. The van der Waals surface area contributed by atoms with Crippen molar-refractivity contribution in [3.8, 4) is 0 Å². The molecule has 0 aromatic rings. The molecule has 0 aliphatic carbocycles. The van der Waals surface area contributed by atoms with Crippen molar-refractivity contribution in [2.75, 3.05) is 13.1 Å². The molecule has 0 saturated heterocycles. The highest BCUT2D eigenvalue weighted by atomic mass is 16.1. The Hall–Kier alpha value is -0.630.